The molecule has 0 aliphatic rings. The second-order valence-electron chi connectivity index (χ2n) is 2.29. The Morgan fingerprint density at radius 1 is 1.91 bits per heavy atom. The van der Waals surface area contributed by atoms with E-state index in [1.165, 1.54) is 0 Å². The van der Waals surface area contributed by atoms with Crippen LogP contribution in [0.4, 0.5) is 0 Å². The van der Waals surface area contributed by atoms with Crippen LogP contribution in [0, 0.1) is 12.3 Å². The summed E-state index contributed by atoms with van der Waals surface area (Å²) < 4.78 is 4.30. The van der Waals surface area contributed by atoms with Gasteiger partial charge < -0.3 is 0 Å². The fourth-order valence-electron chi connectivity index (χ4n) is 0.727. The van der Waals surface area contributed by atoms with Crippen molar-refractivity contribution < 1.29 is 4.52 Å². The molecule has 4 nitrogen and oxygen atoms in total. The van der Waals surface area contributed by atoms with Crippen LogP contribution < -0.4 is 5.76 Å². The van der Waals surface area contributed by atoms with E-state index >= 15 is 0 Å². The number of hydrogen-bond acceptors (Lipinski definition) is 3. The summed E-state index contributed by atoms with van der Waals surface area (Å²) in [6.07, 6.45) is 5.62. The van der Waals surface area contributed by atoms with E-state index in [-0.39, 0.29) is 5.92 Å². The minimum Gasteiger partial charge on any atom is -0.296 e. The highest BCUT2D eigenvalue weighted by Gasteiger charge is 2.08. The maximum absolute atomic E-state index is 10.5. The molecule has 0 bridgehead atoms. The Balaban J connectivity index is 2.78. The lowest BCUT2D eigenvalue weighted by atomic mass is 10.1. The Morgan fingerprint density at radius 3 is 3.09 bits per heavy atom. The first-order valence-corrected chi connectivity index (χ1v) is 3.23. The van der Waals surface area contributed by atoms with E-state index in [2.05, 4.69) is 20.6 Å². The third-order valence-corrected chi connectivity index (χ3v) is 1.35. The molecular weight excluding hydrogens is 144 g/mol. The molecule has 58 valence electrons. The standard InChI is InChI=1S/C7H8N2O2/c1-3-4-5(2)6-8-7(10)11-9-6/h1,5H,4H2,2H3,(H,8,9,10)/t5-/m0/s1. The lowest BCUT2D eigenvalue weighted by Crippen LogP contribution is -2.00. The van der Waals surface area contributed by atoms with Crippen molar-refractivity contribution in [2.75, 3.05) is 0 Å². The molecule has 0 saturated heterocycles. The van der Waals surface area contributed by atoms with Crippen molar-refractivity contribution in [3.05, 3.63) is 16.4 Å². The van der Waals surface area contributed by atoms with E-state index in [0.29, 0.717) is 12.2 Å². The largest absolute Gasteiger partial charge is 0.438 e. The van der Waals surface area contributed by atoms with Gasteiger partial charge in [-0.2, -0.15) is 0 Å². The molecule has 4 heteroatoms. The second kappa shape index (κ2) is 3.06. The number of H-pyrrole nitrogens is 1. The first-order valence-electron chi connectivity index (χ1n) is 3.23. The third kappa shape index (κ3) is 1.71. The maximum Gasteiger partial charge on any atom is 0.438 e. The quantitative estimate of drug-likeness (QED) is 0.627. The predicted molar refractivity (Wildman–Crippen MR) is 39.0 cm³/mol. The Labute approximate surface area is 63.6 Å². The van der Waals surface area contributed by atoms with Gasteiger partial charge in [-0.25, -0.2) is 4.79 Å². The van der Waals surface area contributed by atoms with Gasteiger partial charge in [-0.1, -0.05) is 12.1 Å². The van der Waals surface area contributed by atoms with E-state index in [9.17, 15) is 4.79 Å². The third-order valence-electron chi connectivity index (χ3n) is 1.35. The molecule has 1 rings (SSSR count). The normalized spacial score (nSPS) is 12.4. The van der Waals surface area contributed by atoms with Crippen LogP contribution in [0.2, 0.25) is 0 Å². The highest BCUT2D eigenvalue weighted by atomic mass is 16.5. The molecule has 1 aromatic rings. The van der Waals surface area contributed by atoms with Crippen molar-refractivity contribution in [1.82, 2.24) is 10.1 Å². The van der Waals surface area contributed by atoms with E-state index in [0.717, 1.165) is 0 Å². The summed E-state index contributed by atoms with van der Waals surface area (Å²) >= 11 is 0. The van der Waals surface area contributed by atoms with Gasteiger partial charge in [-0.15, -0.1) is 12.3 Å². The molecule has 0 amide bonds. The SMILES string of the molecule is C#CC[C@H](C)c1noc(=O)[nH]1. The fraction of sp³-hybridized carbons (Fsp3) is 0.429. The smallest absolute Gasteiger partial charge is 0.296 e. The minimum absolute atomic E-state index is 0.0476. The van der Waals surface area contributed by atoms with Gasteiger partial charge in [-0.05, 0) is 0 Å². The van der Waals surface area contributed by atoms with Gasteiger partial charge in [0.25, 0.3) is 0 Å². The molecule has 0 aromatic carbocycles. The predicted octanol–water partition coefficient (Wildman–Crippen LogP) is 0.490. The van der Waals surface area contributed by atoms with Crippen LogP contribution in [-0.4, -0.2) is 10.1 Å². The first-order chi connectivity index (χ1) is 5.24. The molecule has 1 heterocycles. The summed E-state index contributed by atoms with van der Waals surface area (Å²) in [6, 6.07) is 0. The number of aromatic amines is 1. The molecule has 0 spiro atoms. The molecule has 1 aromatic heterocycles. The zero-order valence-corrected chi connectivity index (χ0v) is 6.13. The van der Waals surface area contributed by atoms with Crippen molar-refractivity contribution in [2.45, 2.75) is 19.3 Å². The lowest BCUT2D eigenvalue weighted by molar-refractivity contribution is 0.378. The highest BCUT2D eigenvalue weighted by molar-refractivity contribution is 4.97. The Morgan fingerprint density at radius 2 is 2.64 bits per heavy atom. The van der Waals surface area contributed by atoms with Gasteiger partial charge in [-0.3, -0.25) is 9.51 Å². The van der Waals surface area contributed by atoms with Crippen LogP contribution in [-0.2, 0) is 0 Å². The molecule has 0 fully saturated rings. The van der Waals surface area contributed by atoms with Crippen LogP contribution in [0.5, 0.6) is 0 Å². The Kier molecular flexibility index (Phi) is 2.12. The van der Waals surface area contributed by atoms with E-state index in [4.69, 9.17) is 6.42 Å². The summed E-state index contributed by atoms with van der Waals surface area (Å²) in [7, 11) is 0. The van der Waals surface area contributed by atoms with E-state index in [1.54, 1.807) is 0 Å². The molecule has 0 aliphatic carbocycles. The highest BCUT2D eigenvalue weighted by Crippen LogP contribution is 2.11. The molecule has 0 radical (unpaired) electrons. The van der Waals surface area contributed by atoms with Gasteiger partial charge in [0.15, 0.2) is 5.82 Å². The Hall–Kier alpha value is -1.50. The number of aromatic nitrogens is 2. The monoisotopic (exact) mass is 152 g/mol. The van der Waals surface area contributed by atoms with Gasteiger partial charge >= 0.3 is 5.76 Å². The minimum atomic E-state index is -0.538. The maximum atomic E-state index is 10.5. The van der Waals surface area contributed by atoms with E-state index < -0.39 is 5.76 Å². The molecule has 11 heavy (non-hydrogen) atoms. The van der Waals surface area contributed by atoms with Crippen molar-refractivity contribution in [3.8, 4) is 12.3 Å². The Bertz CT molecular complexity index is 318. The lowest BCUT2D eigenvalue weighted by Gasteiger charge is -1.98. The van der Waals surface area contributed by atoms with Crippen molar-refractivity contribution in [1.29, 1.82) is 0 Å². The van der Waals surface area contributed by atoms with Gasteiger partial charge in [0.1, 0.15) is 0 Å². The van der Waals surface area contributed by atoms with Crippen molar-refractivity contribution in [2.24, 2.45) is 0 Å². The zero-order chi connectivity index (χ0) is 8.27. The average Bonchev–Trinajstić information content (AvgIpc) is 2.36. The topological polar surface area (TPSA) is 58.9 Å². The van der Waals surface area contributed by atoms with Gasteiger partial charge in [0.05, 0.1) is 0 Å². The number of rotatable bonds is 2. The summed E-state index contributed by atoms with van der Waals surface area (Å²) in [5.41, 5.74) is 0. The number of nitrogens with one attached hydrogen (secondary N) is 1. The average molecular weight is 152 g/mol. The fourth-order valence-corrected chi connectivity index (χ4v) is 0.727. The summed E-state index contributed by atoms with van der Waals surface area (Å²) in [4.78, 5) is 12.9. The van der Waals surface area contributed by atoms with Crippen molar-refractivity contribution in [3.63, 3.8) is 0 Å². The molecular formula is C7H8N2O2. The van der Waals surface area contributed by atoms with Crippen LogP contribution in [0.15, 0.2) is 9.32 Å². The molecule has 1 N–H and O–H groups in total. The molecule has 1 atom stereocenters. The van der Waals surface area contributed by atoms with Gasteiger partial charge in [0.2, 0.25) is 0 Å². The number of terminal acetylenes is 1. The van der Waals surface area contributed by atoms with Crippen LogP contribution in [0.25, 0.3) is 0 Å². The van der Waals surface area contributed by atoms with E-state index in [1.807, 2.05) is 6.92 Å². The molecule has 0 unspecified atom stereocenters. The number of nitrogens with zero attached hydrogens (tertiary/aromatic N) is 1. The summed E-state index contributed by atoms with van der Waals surface area (Å²) in [6.45, 7) is 1.87. The van der Waals surface area contributed by atoms with Crippen LogP contribution >= 0.6 is 0 Å². The number of hydrogen-bond donors (Lipinski definition) is 1. The first kappa shape index (κ1) is 7.61. The summed E-state index contributed by atoms with van der Waals surface area (Å²) in [5, 5.41) is 3.50. The van der Waals surface area contributed by atoms with Gasteiger partial charge in [0, 0.05) is 12.3 Å². The zero-order valence-electron chi connectivity index (χ0n) is 6.13. The summed E-state index contributed by atoms with van der Waals surface area (Å²) in [5.74, 6) is 2.49. The van der Waals surface area contributed by atoms with Crippen LogP contribution in [0.3, 0.4) is 0 Å². The second-order valence-corrected chi connectivity index (χ2v) is 2.29. The molecule has 0 saturated carbocycles. The van der Waals surface area contributed by atoms with Crippen molar-refractivity contribution >= 4 is 0 Å². The molecule has 0 aliphatic heterocycles. The van der Waals surface area contributed by atoms with Crippen LogP contribution in [0.1, 0.15) is 25.1 Å².